The van der Waals surface area contributed by atoms with E-state index >= 15 is 0 Å². The molecule has 0 amide bonds. The lowest BCUT2D eigenvalue weighted by molar-refractivity contribution is -0.384. The van der Waals surface area contributed by atoms with Crippen molar-refractivity contribution in [2.45, 2.75) is 31.6 Å². The minimum atomic E-state index is -4.44. The molecule has 0 aliphatic heterocycles. The average molecular weight is 290 g/mol. The monoisotopic (exact) mass is 290 g/mol. The van der Waals surface area contributed by atoms with Gasteiger partial charge in [0.05, 0.1) is 4.92 Å². The van der Waals surface area contributed by atoms with Crippen molar-refractivity contribution >= 4 is 5.69 Å². The molecule has 8 heteroatoms. The summed E-state index contributed by atoms with van der Waals surface area (Å²) in [4.78, 5) is 10.1. The number of nitro groups is 1. The number of alkyl halides is 3. The number of nitro benzene ring substituents is 1. The summed E-state index contributed by atoms with van der Waals surface area (Å²) in [5, 5.41) is 13.8. The highest BCUT2D eigenvalue weighted by atomic mass is 19.4. The number of ether oxygens (including phenoxy) is 1. The third kappa shape index (κ3) is 4.37. The Kier molecular flexibility index (Phi) is 4.12. The highest BCUT2D eigenvalue weighted by Crippen LogP contribution is 2.27. The first-order valence-electron chi connectivity index (χ1n) is 6.05. The SMILES string of the molecule is O=[N+]([O-])c1ccc(OCC(F)(F)F)c(CNC2CC2)c1. The molecule has 0 atom stereocenters. The predicted molar refractivity (Wildman–Crippen MR) is 64.5 cm³/mol. The smallest absolute Gasteiger partial charge is 0.422 e. The van der Waals surface area contributed by atoms with Gasteiger partial charge in [0.2, 0.25) is 0 Å². The lowest BCUT2D eigenvalue weighted by Crippen LogP contribution is -2.21. The van der Waals surface area contributed by atoms with Crippen molar-refractivity contribution in [1.29, 1.82) is 0 Å². The van der Waals surface area contributed by atoms with E-state index in [1.807, 2.05) is 0 Å². The van der Waals surface area contributed by atoms with E-state index in [2.05, 4.69) is 5.32 Å². The minimum absolute atomic E-state index is 0.0149. The Morgan fingerprint density at radius 2 is 2.10 bits per heavy atom. The molecule has 1 fully saturated rings. The molecule has 0 bridgehead atoms. The second-order valence-electron chi connectivity index (χ2n) is 4.61. The van der Waals surface area contributed by atoms with Crippen LogP contribution in [0.4, 0.5) is 18.9 Å². The fourth-order valence-electron chi connectivity index (χ4n) is 1.66. The maximum atomic E-state index is 12.2. The van der Waals surface area contributed by atoms with E-state index in [9.17, 15) is 23.3 Å². The molecule has 110 valence electrons. The van der Waals surface area contributed by atoms with Crippen LogP contribution in [0, 0.1) is 10.1 Å². The number of nitrogens with zero attached hydrogens (tertiary/aromatic N) is 1. The van der Waals surface area contributed by atoms with Gasteiger partial charge in [0.1, 0.15) is 5.75 Å². The van der Waals surface area contributed by atoms with Crippen LogP contribution in [0.15, 0.2) is 18.2 Å². The summed E-state index contributed by atoms with van der Waals surface area (Å²) in [6, 6.07) is 3.91. The Morgan fingerprint density at radius 3 is 2.65 bits per heavy atom. The van der Waals surface area contributed by atoms with Crippen molar-refractivity contribution in [2.24, 2.45) is 0 Å². The molecule has 1 aliphatic rings. The van der Waals surface area contributed by atoms with E-state index in [0.29, 0.717) is 11.6 Å². The van der Waals surface area contributed by atoms with Crippen LogP contribution < -0.4 is 10.1 Å². The normalized spacial score (nSPS) is 15.2. The number of hydrogen-bond donors (Lipinski definition) is 1. The molecule has 1 aromatic carbocycles. The van der Waals surface area contributed by atoms with Crippen molar-refractivity contribution in [3.05, 3.63) is 33.9 Å². The highest BCUT2D eigenvalue weighted by molar-refractivity contribution is 5.43. The molecule has 2 rings (SSSR count). The molecule has 1 N–H and O–H groups in total. The molecule has 0 aromatic heterocycles. The van der Waals surface area contributed by atoms with Crippen molar-refractivity contribution in [3.63, 3.8) is 0 Å². The van der Waals surface area contributed by atoms with Crippen molar-refractivity contribution in [1.82, 2.24) is 5.32 Å². The van der Waals surface area contributed by atoms with E-state index in [1.165, 1.54) is 12.1 Å². The fourth-order valence-corrected chi connectivity index (χ4v) is 1.66. The molecular weight excluding hydrogens is 277 g/mol. The van der Waals surface area contributed by atoms with Crippen molar-refractivity contribution in [3.8, 4) is 5.75 Å². The largest absolute Gasteiger partial charge is 0.484 e. The first-order valence-corrected chi connectivity index (χ1v) is 6.05. The number of benzene rings is 1. The summed E-state index contributed by atoms with van der Waals surface area (Å²) in [6.45, 7) is -1.17. The van der Waals surface area contributed by atoms with Gasteiger partial charge in [-0.2, -0.15) is 13.2 Å². The van der Waals surface area contributed by atoms with E-state index in [0.717, 1.165) is 18.9 Å². The molecular formula is C12H13F3N2O3. The summed E-state index contributed by atoms with van der Waals surface area (Å²) in [5.74, 6) is 0.0149. The maximum absolute atomic E-state index is 12.2. The summed E-state index contributed by atoms with van der Waals surface area (Å²) >= 11 is 0. The third-order valence-electron chi connectivity index (χ3n) is 2.80. The Labute approximate surface area is 112 Å². The van der Waals surface area contributed by atoms with Gasteiger partial charge in [-0.05, 0) is 18.9 Å². The molecule has 0 radical (unpaired) electrons. The van der Waals surface area contributed by atoms with Crippen molar-refractivity contribution < 1.29 is 22.8 Å². The summed E-state index contributed by atoms with van der Waals surface area (Å²) < 4.78 is 41.2. The highest BCUT2D eigenvalue weighted by Gasteiger charge is 2.29. The Balaban J connectivity index is 2.12. The van der Waals surface area contributed by atoms with Crippen LogP contribution in [0.3, 0.4) is 0 Å². The van der Waals surface area contributed by atoms with Gasteiger partial charge in [-0.25, -0.2) is 0 Å². The Bertz CT molecular complexity index is 501. The molecule has 0 heterocycles. The van der Waals surface area contributed by atoms with E-state index in [4.69, 9.17) is 4.74 Å². The van der Waals surface area contributed by atoms with E-state index in [-0.39, 0.29) is 18.0 Å². The van der Waals surface area contributed by atoms with Crippen LogP contribution in [0.5, 0.6) is 5.75 Å². The fraction of sp³-hybridized carbons (Fsp3) is 0.500. The summed E-state index contributed by atoms with van der Waals surface area (Å²) in [5.41, 5.74) is 0.187. The second-order valence-corrected chi connectivity index (χ2v) is 4.61. The molecule has 1 saturated carbocycles. The number of nitrogens with one attached hydrogen (secondary N) is 1. The minimum Gasteiger partial charge on any atom is -0.484 e. The van der Waals surface area contributed by atoms with Crippen LogP contribution in [0.25, 0.3) is 0 Å². The van der Waals surface area contributed by atoms with Gasteiger partial charge in [0, 0.05) is 30.3 Å². The van der Waals surface area contributed by atoms with Gasteiger partial charge < -0.3 is 10.1 Å². The van der Waals surface area contributed by atoms with Gasteiger partial charge in [-0.1, -0.05) is 0 Å². The number of rotatable bonds is 6. The van der Waals surface area contributed by atoms with Gasteiger partial charge in [-0.15, -0.1) is 0 Å². The van der Waals surface area contributed by atoms with Gasteiger partial charge in [0.25, 0.3) is 5.69 Å². The third-order valence-corrected chi connectivity index (χ3v) is 2.80. The topological polar surface area (TPSA) is 64.4 Å². The second kappa shape index (κ2) is 5.66. The predicted octanol–water partition coefficient (Wildman–Crippen LogP) is 2.79. The zero-order valence-electron chi connectivity index (χ0n) is 10.4. The molecule has 5 nitrogen and oxygen atoms in total. The molecule has 20 heavy (non-hydrogen) atoms. The van der Waals surface area contributed by atoms with Gasteiger partial charge in [-0.3, -0.25) is 10.1 Å². The van der Waals surface area contributed by atoms with Crippen LogP contribution in [0.1, 0.15) is 18.4 Å². The molecule has 0 saturated heterocycles. The first kappa shape index (κ1) is 14.6. The van der Waals surface area contributed by atoms with E-state index < -0.39 is 17.7 Å². The van der Waals surface area contributed by atoms with Crippen LogP contribution >= 0.6 is 0 Å². The zero-order chi connectivity index (χ0) is 14.8. The van der Waals surface area contributed by atoms with E-state index in [1.54, 1.807) is 0 Å². The maximum Gasteiger partial charge on any atom is 0.422 e. The van der Waals surface area contributed by atoms with Gasteiger partial charge in [0.15, 0.2) is 6.61 Å². The van der Waals surface area contributed by atoms with Crippen LogP contribution in [-0.4, -0.2) is 23.7 Å². The first-order chi connectivity index (χ1) is 9.35. The van der Waals surface area contributed by atoms with Crippen molar-refractivity contribution in [2.75, 3.05) is 6.61 Å². The van der Waals surface area contributed by atoms with Crippen LogP contribution in [0.2, 0.25) is 0 Å². The quantitative estimate of drug-likeness (QED) is 0.646. The number of halogens is 3. The lowest BCUT2D eigenvalue weighted by atomic mass is 10.1. The summed E-state index contributed by atoms with van der Waals surface area (Å²) in [7, 11) is 0. The molecule has 0 spiro atoms. The van der Waals surface area contributed by atoms with Gasteiger partial charge >= 0.3 is 6.18 Å². The standard InChI is InChI=1S/C12H13F3N2O3/c13-12(14,15)7-20-11-4-3-10(17(18)19)5-8(11)6-16-9-1-2-9/h3-5,9,16H,1-2,6-7H2. The number of non-ortho nitro benzene ring substituents is 1. The van der Waals surface area contributed by atoms with Crippen LogP contribution in [-0.2, 0) is 6.54 Å². The molecule has 0 unspecified atom stereocenters. The average Bonchev–Trinajstić information content (AvgIpc) is 3.17. The summed E-state index contributed by atoms with van der Waals surface area (Å²) in [6.07, 6.45) is -2.43. The zero-order valence-corrected chi connectivity index (χ0v) is 10.4. The molecule has 1 aromatic rings. The lowest BCUT2D eigenvalue weighted by Gasteiger charge is -2.13. The number of hydrogen-bond acceptors (Lipinski definition) is 4. The Morgan fingerprint density at radius 1 is 1.40 bits per heavy atom. The molecule has 1 aliphatic carbocycles. The Hall–Kier alpha value is -1.83.